The molecule has 0 bridgehead atoms. The Balaban J connectivity index is 2.47. The lowest BCUT2D eigenvalue weighted by atomic mass is 10.2. The minimum atomic E-state index is 0.633. The molecule has 0 fully saturated rings. The quantitative estimate of drug-likeness (QED) is 0.736. The summed E-state index contributed by atoms with van der Waals surface area (Å²) in [5.41, 5.74) is 3.62. The van der Waals surface area contributed by atoms with Crippen molar-refractivity contribution < 1.29 is 0 Å². The fourth-order valence-electron chi connectivity index (χ4n) is 2.12. The third-order valence-electron chi connectivity index (χ3n) is 3.04. The fourth-order valence-corrected chi connectivity index (χ4v) is 2.29. The van der Waals surface area contributed by atoms with E-state index in [1.807, 2.05) is 0 Å². The Bertz CT molecular complexity index is 502. The molecule has 2 rings (SSSR count). The van der Waals surface area contributed by atoms with Crippen LogP contribution in [0.3, 0.4) is 0 Å². The molecule has 0 aliphatic heterocycles. The minimum Gasteiger partial charge on any atom is -0.328 e. The molecule has 1 heterocycles. The second-order valence-corrected chi connectivity index (χ2v) is 4.84. The van der Waals surface area contributed by atoms with Crippen molar-refractivity contribution in [1.29, 1.82) is 0 Å². The predicted molar refractivity (Wildman–Crippen MR) is 73.8 cm³/mol. The molecule has 0 spiro atoms. The lowest BCUT2D eigenvalue weighted by Crippen LogP contribution is -2.04. The van der Waals surface area contributed by atoms with E-state index in [0.717, 1.165) is 24.3 Å². The highest BCUT2D eigenvalue weighted by molar-refractivity contribution is 6.17. The van der Waals surface area contributed by atoms with E-state index in [4.69, 9.17) is 11.6 Å². The number of benzene rings is 1. The molecular weight excluding hydrogens is 232 g/mol. The zero-order valence-electron chi connectivity index (χ0n) is 10.5. The maximum Gasteiger partial charge on any atom is 0.111 e. The van der Waals surface area contributed by atoms with Gasteiger partial charge in [0.1, 0.15) is 5.82 Å². The number of nitrogens with zero attached hydrogens (tertiary/aromatic N) is 2. The van der Waals surface area contributed by atoms with Crippen LogP contribution in [0.15, 0.2) is 18.2 Å². The van der Waals surface area contributed by atoms with Crippen LogP contribution in [0.25, 0.3) is 11.0 Å². The van der Waals surface area contributed by atoms with Gasteiger partial charge in [0.15, 0.2) is 0 Å². The molecule has 0 atom stereocenters. The smallest absolute Gasteiger partial charge is 0.111 e. The third-order valence-corrected chi connectivity index (χ3v) is 3.23. The zero-order valence-corrected chi connectivity index (χ0v) is 11.3. The zero-order chi connectivity index (χ0) is 12.3. The second kappa shape index (κ2) is 5.54. The number of imidazole rings is 1. The molecule has 1 aromatic heterocycles. The van der Waals surface area contributed by atoms with E-state index in [-0.39, 0.29) is 0 Å². The van der Waals surface area contributed by atoms with E-state index in [9.17, 15) is 0 Å². The first-order valence-electron chi connectivity index (χ1n) is 6.28. The van der Waals surface area contributed by atoms with Crippen molar-refractivity contribution in [3.63, 3.8) is 0 Å². The van der Waals surface area contributed by atoms with Crippen molar-refractivity contribution in [2.45, 2.75) is 39.7 Å². The summed E-state index contributed by atoms with van der Waals surface area (Å²) in [7, 11) is 0. The van der Waals surface area contributed by atoms with Gasteiger partial charge in [0, 0.05) is 18.8 Å². The van der Waals surface area contributed by atoms with E-state index in [2.05, 4.69) is 41.6 Å². The maximum atomic E-state index is 5.85. The minimum absolute atomic E-state index is 0.633. The Hall–Kier alpha value is -1.02. The summed E-state index contributed by atoms with van der Waals surface area (Å²) in [6.45, 7) is 5.38. The molecule has 2 nitrogen and oxygen atoms in total. The van der Waals surface area contributed by atoms with Crippen LogP contribution in [0.1, 0.15) is 31.2 Å². The van der Waals surface area contributed by atoms with E-state index in [1.54, 1.807) is 0 Å². The van der Waals surface area contributed by atoms with Crippen molar-refractivity contribution in [2.75, 3.05) is 5.88 Å². The highest BCUT2D eigenvalue weighted by atomic mass is 35.5. The molecule has 0 amide bonds. The maximum absolute atomic E-state index is 5.85. The number of aromatic nitrogens is 2. The van der Waals surface area contributed by atoms with Crippen LogP contribution in [0.5, 0.6) is 0 Å². The van der Waals surface area contributed by atoms with E-state index in [0.29, 0.717) is 5.88 Å². The number of aryl methyl sites for hydroxylation is 3. The van der Waals surface area contributed by atoms with Crippen LogP contribution in [-0.2, 0) is 13.0 Å². The van der Waals surface area contributed by atoms with E-state index < -0.39 is 0 Å². The van der Waals surface area contributed by atoms with Crippen LogP contribution in [-0.4, -0.2) is 15.4 Å². The highest BCUT2D eigenvalue weighted by Crippen LogP contribution is 2.19. The van der Waals surface area contributed by atoms with Gasteiger partial charge in [-0.1, -0.05) is 19.4 Å². The average Bonchev–Trinajstić information content (AvgIpc) is 2.64. The number of fused-ring (bicyclic) bond motifs is 1. The van der Waals surface area contributed by atoms with Crippen molar-refractivity contribution >= 4 is 22.6 Å². The van der Waals surface area contributed by atoms with E-state index in [1.165, 1.54) is 23.9 Å². The van der Waals surface area contributed by atoms with Crippen molar-refractivity contribution in [3.8, 4) is 0 Å². The van der Waals surface area contributed by atoms with Gasteiger partial charge in [0.05, 0.1) is 11.0 Å². The van der Waals surface area contributed by atoms with Crippen LogP contribution < -0.4 is 0 Å². The first-order chi connectivity index (χ1) is 8.26. The normalized spacial score (nSPS) is 11.2. The molecule has 0 aliphatic rings. The molecule has 0 saturated carbocycles. The Morgan fingerprint density at radius 3 is 2.88 bits per heavy atom. The van der Waals surface area contributed by atoms with Crippen LogP contribution in [0, 0.1) is 6.92 Å². The lowest BCUT2D eigenvalue weighted by molar-refractivity contribution is 0.620. The SMILES string of the molecule is CCCCn1c(CCCl)nc2ccc(C)cc21. The standard InChI is InChI=1S/C14H19ClN2/c1-3-4-9-17-13-10-11(2)5-6-12(13)16-14(17)7-8-15/h5-6,10H,3-4,7-9H2,1-2H3. The Labute approximate surface area is 108 Å². The van der Waals surface area contributed by atoms with Gasteiger partial charge < -0.3 is 4.57 Å². The molecule has 3 heteroatoms. The first-order valence-corrected chi connectivity index (χ1v) is 6.81. The summed E-state index contributed by atoms with van der Waals surface area (Å²) in [5.74, 6) is 1.75. The third kappa shape index (κ3) is 2.63. The first kappa shape index (κ1) is 12.4. The molecule has 2 aromatic rings. The van der Waals surface area contributed by atoms with Gasteiger partial charge in [-0.15, -0.1) is 11.6 Å². The predicted octanol–water partition coefficient (Wildman–Crippen LogP) is 3.93. The highest BCUT2D eigenvalue weighted by Gasteiger charge is 2.09. The molecule has 0 aliphatic carbocycles. The Morgan fingerprint density at radius 1 is 1.35 bits per heavy atom. The van der Waals surface area contributed by atoms with Gasteiger partial charge in [-0.2, -0.15) is 0 Å². The number of unbranched alkanes of at least 4 members (excludes halogenated alkanes) is 1. The molecule has 0 radical (unpaired) electrons. The van der Waals surface area contributed by atoms with Crippen LogP contribution >= 0.6 is 11.6 Å². The van der Waals surface area contributed by atoms with Crippen molar-refractivity contribution in [1.82, 2.24) is 9.55 Å². The molecule has 17 heavy (non-hydrogen) atoms. The summed E-state index contributed by atoms with van der Waals surface area (Å²) in [6, 6.07) is 6.44. The number of hydrogen-bond donors (Lipinski definition) is 0. The monoisotopic (exact) mass is 250 g/mol. The molecule has 0 unspecified atom stereocenters. The average molecular weight is 251 g/mol. The lowest BCUT2D eigenvalue weighted by Gasteiger charge is -2.07. The fraction of sp³-hybridized carbons (Fsp3) is 0.500. The topological polar surface area (TPSA) is 17.8 Å². The van der Waals surface area contributed by atoms with Crippen LogP contribution in [0.4, 0.5) is 0 Å². The second-order valence-electron chi connectivity index (χ2n) is 4.46. The molecule has 92 valence electrons. The Morgan fingerprint density at radius 2 is 2.18 bits per heavy atom. The van der Waals surface area contributed by atoms with Gasteiger partial charge in [-0.25, -0.2) is 4.98 Å². The number of alkyl halides is 1. The summed E-state index contributed by atoms with van der Waals surface area (Å²) in [5, 5.41) is 0. The number of hydrogen-bond acceptors (Lipinski definition) is 1. The molecular formula is C14H19ClN2. The van der Waals surface area contributed by atoms with Crippen molar-refractivity contribution in [3.05, 3.63) is 29.6 Å². The molecule has 0 saturated heterocycles. The summed E-state index contributed by atoms with van der Waals surface area (Å²) in [6.07, 6.45) is 3.24. The Kier molecular flexibility index (Phi) is 4.06. The van der Waals surface area contributed by atoms with Gasteiger partial charge in [-0.3, -0.25) is 0 Å². The molecule has 1 aromatic carbocycles. The van der Waals surface area contributed by atoms with Gasteiger partial charge in [0.25, 0.3) is 0 Å². The number of rotatable bonds is 5. The van der Waals surface area contributed by atoms with Crippen molar-refractivity contribution in [2.24, 2.45) is 0 Å². The summed E-state index contributed by atoms with van der Waals surface area (Å²) < 4.78 is 2.33. The van der Waals surface area contributed by atoms with E-state index >= 15 is 0 Å². The molecule has 0 N–H and O–H groups in total. The largest absolute Gasteiger partial charge is 0.328 e. The summed E-state index contributed by atoms with van der Waals surface area (Å²) >= 11 is 5.85. The number of halogens is 1. The summed E-state index contributed by atoms with van der Waals surface area (Å²) in [4.78, 5) is 4.67. The van der Waals surface area contributed by atoms with Gasteiger partial charge >= 0.3 is 0 Å². The van der Waals surface area contributed by atoms with Crippen LogP contribution in [0.2, 0.25) is 0 Å². The van der Waals surface area contributed by atoms with Gasteiger partial charge in [-0.05, 0) is 31.0 Å². The van der Waals surface area contributed by atoms with Gasteiger partial charge in [0.2, 0.25) is 0 Å².